The molecule has 6 heteroatoms. The highest BCUT2D eigenvalue weighted by Gasteiger charge is 2.31. The molecule has 1 atom stereocenters. The highest BCUT2D eigenvalue weighted by molar-refractivity contribution is 5.51. The van der Waals surface area contributed by atoms with Crippen LogP contribution in [0.1, 0.15) is 28.6 Å². The minimum Gasteiger partial charge on any atom is -0.493 e. The first-order chi connectivity index (χ1) is 12.8. The predicted octanol–water partition coefficient (Wildman–Crippen LogP) is 3.23. The minimum absolute atomic E-state index is 0.0956. The molecule has 0 saturated carbocycles. The normalized spacial score (nSPS) is 16.9. The van der Waals surface area contributed by atoms with Gasteiger partial charge in [0, 0.05) is 6.54 Å². The second kappa shape index (κ2) is 7.17. The number of aromatic nitrogens is 2. The van der Waals surface area contributed by atoms with Gasteiger partial charge in [-0.1, -0.05) is 35.5 Å². The third kappa shape index (κ3) is 3.04. The van der Waals surface area contributed by atoms with Crippen LogP contribution in [0.15, 0.2) is 53.4 Å². The number of benzene rings is 2. The Bertz CT molecular complexity index is 866. The summed E-state index contributed by atoms with van der Waals surface area (Å²) in [5.74, 6) is 2.20. The molecule has 4 rings (SSSR count). The lowest BCUT2D eigenvalue weighted by Crippen LogP contribution is -2.36. The maximum absolute atomic E-state index is 5.54. The van der Waals surface area contributed by atoms with Gasteiger partial charge in [-0.15, -0.1) is 0 Å². The quantitative estimate of drug-likeness (QED) is 0.703. The zero-order chi connectivity index (χ0) is 17.9. The van der Waals surface area contributed by atoms with Gasteiger partial charge in [0.2, 0.25) is 6.39 Å². The summed E-state index contributed by atoms with van der Waals surface area (Å²) < 4.78 is 15.9. The van der Waals surface area contributed by atoms with Crippen molar-refractivity contribution in [2.24, 2.45) is 0 Å². The van der Waals surface area contributed by atoms with E-state index in [1.807, 2.05) is 6.07 Å². The van der Waals surface area contributed by atoms with Crippen LogP contribution in [0.4, 0.5) is 0 Å². The first-order valence-electron chi connectivity index (χ1n) is 8.59. The van der Waals surface area contributed by atoms with Crippen LogP contribution >= 0.6 is 0 Å². The number of methoxy groups -OCH3 is 2. The lowest BCUT2D eigenvalue weighted by atomic mass is 9.87. The van der Waals surface area contributed by atoms with Crippen molar-refractivity contribution in [2.45, 2.75) is 19.0 Å². The summed E-state index contributed by atoms with van der Waals surface area (Å²) in [6, 6.07) is 14.8. The summed E-state index contributed by atoms with van der Waals surface area (Å²) in [7, 11) is 3.34. The zero-order valence-corrected chi connectivity index (χ0v) is 14.9. The van der Waals surface area contributed by atoms with Gasteiger partial charge in [0.15, 0.2) is 17.3 Å². The van der Waals surface area contributed by atoms with Crippen LogP contribution < -0.4 is 9.47 Å². The smallest absolute Gasteiger partial charge is 0.213 e. The van der Waals surface area contributed by atoms with E-state index in [1.54, 1.807) is 14.2 Å². The highest BCUT2D eigenvalue weighted by atomic mass is 16.5. The van der Waals surface area contributed by atoms with E-state index >= 15 is 0 Å². The zero-order valence-electron chi connectivity index (χ0n) is 14.9. The summed E-state index contributed by atoms with van der Waals surface area (Å²) in [4.78, 5) is 6.56. The van der Waals surface area contributed by atoms with Gasteiger partial charge in [-0.2, -0.15) is 4.98 Å². The molecule has 0 bridgehead atoms. The van der Waals surface area contributed by atoms with Crippen molar-refractivity contribution in [1.82, 2.24) is 15.0 Å². The highest BCUT2D eigenvalue weighted by Crippen LogP contribution is 2.41. The average molecular weight is 351 g/mol. The number of nitrogens with zero attached hydrogens (tertiary/aromatic N) is 3. The maximum atomic E-state index is 5.54. The van der Waals surface area contributed by atoms with E-state index < -0.39 is 0 Å². The Morgan fingerprint density at radius 2 is 1.88 bits per heavy atom. The Morgan fingerprint density at radius 3 is 2.58 bits per heavy atom. The molecule has 1 unspecified atom stereocenters. The van der Waals surface area contributed by atoms with Crippen LogP contribution in [0.3, 0.4) is 0 Å². The third-order valence-corrected chi connectivity index (χ3v) is 4.84. The molecule has 0 radical (unpaired) electrons. The van der Waals surface area contributed by atoms with Crippen molar-refractivity contribution < 1.29 is 14.0 Å². The Morgan fingerprint density at radius 1 is 1.12 bits per heavy atom. The van der Waals surface area contributed by atoms with Crippen molar-refractivity contribution >= 4 is 0 Å². The van der Waals surface area contributed by atoms with Gasteiger partial charge in [0.1, 0.15) is 0 Å². The Balaban J connectivity index is 1.80. The summed E-state index contributed by atoms with van der Waals surface area (Å²) in [6.07, 6.45) is 2.30. The third-order valence-electron chi connectivity index (χ3n) is 4.84. The molecule has 6 nitrogen and oxygen atoms in total. The van der Waals surface area contributed by atoms with Crippen LogP contribution in [0, 0.1) is 0 Å². The lowest BCUT2D eigenvalue weighted by Gasteiger charge is -2.37. The molecular weight excluding hydrogens is 330 g/mol. The fourth-order valence-electron chi connectivity index (χ4n) is 3.64. The second-order valence-electron chi connectivity index (χ2n) is 6.29. The van der Waals surface area contributed by atoms with E-state index in [1.165, 1.54) is 23.1 Å². The minimum atomic E-state index is 0.0956. The SMILES string of the molecule is COc1cc2c(cc1OC)C(c1ccccc1)N(Cc1ncon1)CC2. The van der Waals surface area contributed by atoms with Crippen LogP contribution in [0.2, 0.25) is 0 Å². The van der Waals surface area contributed by atoms with Gasteiger partial charge in [0.05, 0.1) is 26.8 Å². The molecule has 2 aromatic carbocycles. The molecule has 0 saturated heterocycles. The standard InChI is InChI=1S/C20H21N3O3/c1-24-17-10-15-8-9-23(12-19-21-13-26-22-19)20(14-6-4-3-5-7-14)16(15)11-18(17)25-2/h3-7,10-11,13,20H,8-9,12H2,1-2H3. The summed E-state index contributed by atoms with van der Waals surface area (Å²) in [5.41, 5.74) is 3.73. The molecule has 0 aliphatic carbocycles. The van der Waals surface area contributed by atoms with Gasteiger partial charge >= 0.3 is 0 Å². The summed E-state index contributed by atoms with van der Waals surface area (Å²) >= 11 is 0. The Kier molecular flexibility index (Phi) is 4.58. The first kappa shape index (κ1) is 16.6. The monoisotopic (exact) mass is 351 g/mol. The number of fused-ring (bicyclic) bond motifs is 1. The van der Waals surface area contributed by atoms with Gasteiger partial charge in [-0.05, 0) is 35.2 Å². The Hall–Kier alpha value is -2.86. The molecule has 1 aliphatic rings. The first-order valence-corrected chi connectivity index (χ1v) is 8.59. The van der Waals surface area contributed by atoms with E-state index in [0.717, 1.165) is 24.5 Å². The summed E-state index contributed by atoms with van der Waals surface area (Å²) in [6.45, 7) is 1.53. The van der Waals surface area contributed by atoms with Crippen LogP contribution in [-0.4, -0.2) is 35.8 Å². The molecule has 1 aliphatic heterocycles. The molecular formula is C20H21N3O3. The van der Waals surface area contributed by atoms with Gasteiger partial charge in [-0.3, -0.25) is 4.90 Å². The molecule has 26 heavy (non-hydrogen) atoms. The molecule has 134 valence electrons. The molecule has 2 heterocycles. The van der Waals surface area contributed by atoms with Gasteiger partial charge in [0.25, 0.3) is 0 Å². The van der Waals surface area contributed by atoms with E-state index in [4.69, 9.17) is 14.0 Å². The second-order valence-corrected chi connectivity index (χ2v) is 6.29. The Labute approximate surface area is 152 Å². The molecule has 0 N–H and O–H groups in total. The largest absolute Gasteiger partial charge is 0.493 e. The fourth-order valence-corrected chi connectivity index (χ4v) is 3.64. The van der Waals surface area contributed by atoms with Crippen molar-refractivity contribution in [3.8, 4) is 11.5 Å². The van der Waals surface area contributed by atoms with Crippen LogP contribution in [-0.2, 0) is 13.0 Å². The predicted molar refractivity (Wildman–Crippen MR) is 96.2 cm³/mol. The lowest BCUT2D eigenvalue weighted by molar-refractivity contribution is 0.196. The molecule has 1 aromatic heterocycles. The summed E-state index contributed by atoms with van der Waals surface area (Å²) in [5, 5.41) is 3.98. The molecule has 0 spiro atoms. The van der Waals surface area contributed by atoms with E-state index in [-0.39, 0.29) is 6.04 Å². The van der Waals surface area contributed by atoms with Crippen molar-refractivity contribution in [3.63, 3.8) is 0 Å². The van der Waals surface area contributed by atoms with Crippen molar-refractivity contribution in [1.29, 1.82) is 0 Å². The molecule has 3 aromatic rings. The number of hydrogen-bond acceptors (Lipinski definition) is 6. The number of hydrogen-bond donors (Lipinski definition) is 0. The van der Waals surface area contributed by atoms with E-state index in [2.05, 4.69) is 51.4 Å². The van der Waals surface area contributed by atoms with E-state index in [0.29, 0.717) is 12.4 Å². The topological polar surface area (TPSA) is 60.6 Å². The van der Waals surface area contributed by atoms with E-state index in [9.17, 15) is 0 Å². The van der Waals surface area contributed by atoms with Gasteiger partial charge < -0.3 is 14.0 Å². The van der Waals surface area contributed by atoms with Crippen LogP contribution in [0.25, 0.3) is 0 Å². The molecule has 0 fully saturated rings. The van der Waals surface area contributed by atoms with Crippen molar-refractivity contribution in [3.05, 3.63) is 71.4 Å². The fraction of sp³-hybridized carbons (Fsp3) is 0.300. The maximum Gasteiger partial charge on any atom is 0.213 e. The molecule has 0 amide bonds. The average Bonchev–Trinajstić information content (AvgIpc) is 3.20. The van der Waals surface area contributed by atoms with Gasteiger partial charge in [-0.25, -0.2) is 0 Å². The van der Waals surface area contributed by atoms with Crippen LogP contribution in [0.5, 0.6) is 11.5 Å². The number of rotatable bonds is 5. The number of ether oxygens (including phenoxy) is 2. The van der Waals surface area contributed by atoms with Crippen molar-refractivity contribution in [2.75, 3.05) is 20.8 Å².